The van der Waals surface area contributed by atoms with Gasteiger partial charge >= 0.3 is 0 Å². The molecular formula is C22H33N5. The number of hydrogen-bond acceptors (Lipinski definition) is 4. The lowest BCUT2D eigenvalue weighted by Gasteiger charge is -2.33. The monoisotopic (exact) mass is 367 g/mol. The van der Waals surface area contributed by atoms with Gasteiger partial charge in [0.15, 0.2) is 0 Å². The van der Waals surface area contributed by atoms with Crippen LogP contribution in [0.5, 0.6) is 0 Å². The number of hydrogen-bond donors (Lipinski definition) is 0. The minimum absolute atomic E-state index is 0.811. The Labute approximate surface area is 163 Å². The van der Waals surface area contributed by atoms with Gasteiger partial charge in [-0.1, -0.05) is 36.8 Å². The van der Waals surface area contributed by atoms with Crippen LogP contribution in [-0.2, 0) is 26.1 Å². The molecule has 27 heavy (non-hydrogen) atoms. The van der Waals surface area contributed by atoms with Gasteiger partial charge in [-0.05, 0) is 57.3 Å². The highest BCUT2D eigenvalue weighted by Crippen LogP contribution is 2.21. The first-order valence-electron chi connectivity index (χ1n) is 10.6. The molecule has 1 aromatic carbocycles. The van der Waals surface area contributed by atoms with Gasteiger partial charge in [0.2, 0.25) is 0 Å². The molecule has 3 heterocycles. The summed E-state index contributed by atoms with van der Waals surface area (Å²) in [6.07, 6.45) is 7.54. The third kappa shape index (κ3) is 4.96. The summed E-state index contributed by atoms with van der Waals surface area (Å²) >= 11 is 0. The zero-order chi connectivity index (χ0) is 18.5. The second-order valence-electron chi connectivity index (χ2n) is 8.40. The van der Waals surface area contributed by atoms with Crippen molar-refractivity contribution < 1.29 is 0 Å². The number of rotatable bonds is 6. The molecule has 0 spiro atoms. The Hall–Kier alpha value is -1.72. The summed E-state index contributed by atoms with van der Waals surface area (Å²) in [4.78, 5) is 5.06. The third-order valence-corrected chi connectivity index (χ3v) is 6.12. The van der Waals surface area contributed by atoms with Gasteiger partial charge in [-0.25, -0.2) is 0 Å². The SMILES string of the molecule is CN(Cc1ccccc1)CC1CCN(Cc2nnc3n2CCCCC3)CC1. The van der Waals surface area contributed by atoms with E-state index in [0.717, 1.165) is 32.0 Å². The molecule has 146 valence electrons. The van der Waals surface area contributed by atoms with Crippen molar-refractivity contribution in [2.24, 2.45) is 5.92 Å². The van der Waals surface area contributed by atoms with Crippen LogP contribution in [0.1, 0.15) is 49.3 Å². The number of likely N-dealkylation sites (tertiary alicyclic amines) is 1. The fourth-order valence-electron chi connectivity index (χ4n) is 4.59. The van der Waals surface area contributed by atoms with Crippen LogP contribution in [0.25, 0.3) is 0 Å². The first-order chi connectivity index (χ1) is 13.3. The molecule has 1 aromatic heterocycles. The van der Waals surface area contributed by atoms with Crippen LogP contribution in [-0.4, -0.2) is 51.2 Å². The van der Waals surface area contributed by atoms with Crippen molar-refractivity contribution in [2.45, 2.75) is 58.2 Å². The highest BCUT2D eigenvalue weighted by Gasteiger charge is 2.23. The fraction of sp³-hybridized carbons (Fsp3) is 0.636. The van der Waals surface area contributed by atoms with Crippen molar-refractivity contribution in [3.63, 3.8) is 0 Å². The van der Waals surface area contributed by atoms with Crippen LogP contribution in [0, 0.1) is 5.92 Å². The Morgan fingerprint density at radius 3 is 2.63 bits per heavy atom. The summed E-state index contributed by atoms with van der Waals surface area (Å²) in [5.41, 5.74) is 1.41. The molecule has 0 amide bonds. The molecule has 0 radical (unpaired) electrons. The fourth-order valence-corrected chi connectivity index (χ4v) is 4.59. The van der Waals surface area contributed by atoms with E-state index in [1.165, 1.54) is 69.0 Å². The lowest BCUT2D eigenvalue weighted by molar-refractivity contribution is 0.143. The van der Waals surface area contributed by atoms with E-state index >= 15 is 0 Å². The summed E-state index contributed by atoms with van der Waals surface area (Å²) in [5, 5.41) is 8.97. The van der Waals surface area contributed by atoms with Gasteiger partial charge in [-0.15, -0.1) is 10.2 Å². The number of piperidine rings is 1. The summed E-state index contributed by atoms with van der Waals surface area (Å²) < 4.78 is 2.40. The maximum atomic E-state index is 4.51. The molecule has 0 aliphatic carbocycles. The third-order valence-electron chi connectivity index (χ3n) is 6.12. The normalized spacial score (nSPS) is 19.2. The summed E-state index contributed by atoms with van der Waals surface area (Å²) in [7, 11) is 2.25. The van der Waals surface area contributed by atoms with Crippen LogP contribution in [0.15, 0.2) is 30.3 Å². The van der Waals surface area contributed by atoms with Crippen molar-refractivity contribution in [1.82, 2.24) is 24.6 Å². The Morgan fingerprint density at radius 2 is 1.81 bits per heavy atom. The van der Waals surface area contributed by atoms with Crippen molar-refractivity contribution in [3.8, 4) is 0 Å². The predicted octanol–water partition coefficient (Wildman–Crippen LogP) is 3.35. The molecule has 5 heteroatoms. The first-order valence-corrected chi connectivity index (χ1v) is 10.6. The molecule has 0 N–H and O–H groups in total. The molecule has 2 aliphatic heterocycles. The average Bonchev–Trinajstić information content (AvgIpc) is 2.90. The van der Waals surface area contributed by atoms with Gasteiger partial charge in [0, 0.05) is 26.1 Å². The molecule has 0 bridgehead atoms. The highest BCUT2D eigenvalue weighted by molar-refractivity contribution is 5.14. The van der Waals surface area contributed by atoms with Gasteiger partial charge in [-0.2, -0.15) is 0 Å². The van der Waals surface area contributed by atoms with E-state index in [4.69, 9.17) is 0 Å². The molecule has 2 aliphatic rings. The second kappa shape index (κ2) is 8.98. The summed E-state index contributed by atoms with van der Waals surface area (Å²) in [6.45, 7) is 6.70. The topological polar surface area (TPSA) is 37.2 Å². The van der Waals surface area contributed by atoms with Crippen LogP contribution in [0.4, 0.5) is 0 Å². The number of aryl methyl sites for hydroxylation is 1. The van der Waals surface area contributed by atoms with Gasteiger partial charge in [-0.3, -0.25) is 4.90 Å². The van der Waals surface area contributed by atoms with Crippen LogP contribution < -0.4 is 0 Å². The largest absolute Gasteiger partial charge is 0.314 e. The van der Waals surface area contributed by atoms with Gasteiger partial charge in [0.1, 0.15) is 11.6 Å². The molecule has 0 unspecified atom stereocenters. The lowest BCUT2D eigenvalue weighted by Crippen LogP contribution is -2.37. The number of fused-ring (bicyclic) bond motifs is 1. The van der Waals surface area contributed by atoms with E-state index in [1.807, 2.05) is 0 Å². The highest BCUT2D eigenvalue weighted by atomic mass is 15.3. The predicted molar refractivity (Wildman–Crippen MR) is 108 cm³/mol. The molecule has 0 atom stereocenters. The molecular weight excluding hydrogens is 334 g/mol. The molecule has 1 fully saturated rings. The minimum atomic E-state index is 0.811. The summed E-state index contributed by atoms with van der Waals surface area (Å²) in [5.74, 6) is 3.21. The molecule has 0 saturated carbocycles. The average molecular weight is 368 g/mol. The maximum Gasteiger partial charge on any atom is 0.147 e. The van der Waals surface area contributed by atoms with Crippen LogP contribution in [0.3, 0.4) is 0 Å². The van der Waals surface area contributed by atoms with Crippen LogP contribution in [0.2, 0.25) is 0 Å². The Kier molecular flexibility index (Phi) is 6.20. The van der Waals surface area contributed by atoms with E-state index in [0.29, 0.717) is 0 Å². The number of benzene rings is 1. The van der Waals surface area contributed by atoms with Crippen molar-refractivity contribution in [2.75, 3.05) is 26.7 Å². The van der Waals surface area contributed by atoms with E-state index in [1.54, 1.807) is 0 Å². The molecule has 2 aromatic rings. The van der Waals surface area contributed by atoms with Gasteiger partial charge in [0.25, 0.3) is 0 Å². The van der Waals surface area contributed by atoms with Gasteiger partial charge in [0.05, 0.1) is 6.54 Å². The standard InChI is InChI=1S/C22H33N5/c1-25(16-19-8-4-2-5-9-19)17-20-11-14-26(15-12-20)18-22-24-23-21-10-6-3-7-13-27(21)22/h2,4-5,8-9,20H,3,6-7,10-18H2,1H3. The lowest BCUT2D eigenvalue weighted by atomic mass is 9.96. The number of aromatic nitrogens is 3. The van der Waals surface area contributed by atoms with Crippen molar-refractivity contribution >= 4 is 0 Å². The van der Waals surface area contributed by atoms with E-state index in [2.05, 4.69) is 61.9 Å². The Balaban J connectivity index is 1.24. The van der Waals surface area contributed by atoms with Crippen LogP contribution >= 0.6 is 0 Å². The Morgan fingerprint density at radius 1 is 1.00 bits per heavy atom. The van der Waals surface area contributed by atoms with E-state index < -0.39 is 0 Å². The zero-order valence-corrected chi connectivity index (χ0v) is 16.7. The van der Waals surface area contributed by atoms with Crippen molar-refractivity contribution in [1.29, 1.82) is 0 Å². The van der Waals surface area contributed by atoms with E-state index in [-0.39, 0.29) is 0 Å². The zero-order valence-electron chi connectivity index (χ0n) is 16.7. The molecule has 1 saturated heterocycles. The summed E-state index contributed by atoms with van der Waals surface area (Å²) in [6, 6.07) is 10.8. The number of nitrogens with zero attached hydrogens (tertiary/aromatic N) is 5. The Bertz CT molecular complexity index is 703. The second-order valence-corrected chi connectivity index (χ2v) is 8.40. The minimum Gasteiger partial charge on any atom is -0.314 e. The maximum absolute atomic E-state index is 4.51. The van der Waals surface area contributed by atoms with Gasteiger partial charge < -0.3 is 9.47 Å². The molecule has 5 nitrogen and oxygen atoms in total. The quantitative estimate of drug-likeness (QED) is 0.785. The first kappa shape index (κ1) is 18.6. The molecule has 4 rings (SSSR count). The van der Waals surface area contributed by atoms with E-state index in [9.17, 15) is 0 Å². The van der Waals surface area contributed by atoms with Crippen molar-refractivity contribution in [3.05, 3.63) is 47.5 Å². The smallest absolute Gasteiger partial charge is 0.147 e.